The van der Waals surface area contributed by atoms with Crippen LogP contribution in [0.1, 0.15) is 22.3 Å². The minimum Gasteiger partial charge on any atom is -0.489 e. The summed E-state index contributed by atoms with van der Waals surface area (Å²) in [6, 6.07) is 9.74. The Morgan fingerprint density at radius 2 is 1.83 bits per heavy atom. The smallest absolute Gasteiger partial charge is 0.288 e. The number of rotatable bonds is 4. The van der Waals surface area contributed by atoms with Crippen LogP contribution in [0.15, 0.2) is 30.3 Å². The second-order valence-corrected chi connectivity index (χ2v) is 7.02. The van der Waals surface area contributed by atoms with E-state index in [1.165, 1.54) is 18.2 Å². The molecule has 0 fully saturated rings. The maximum absolute atomic E-state index is 10.2. The van der Waals surface area contributed by atoms with Crippen molar-refractivity contribution in [2.75, 3.05) is 12.2 Å². The highest BCUT2D eigenvalue weighted by atomic mass is 127. The van der Waals surface area contributed by atoms with E-state index in [-0.39, 0.29) is 5.17 Å². The number of hydrogen-bond donors (Lipinski definition) is 1. The third-order valence-electron chi connectivity index (χ3n) is 3.83. The number of hydrogen-bond acceptors (Lipinski definition) is 4. The minimum absolute atomic E-state index is 0.0133. The fourth-order valence-corrected chi connectivity index (χ4v) is 3.05. The van der Waals surface area contributed by atoms with Crippen molar-refractivity contribution in [3.8, 4) is 5.75 Å². The molecule has 0 bridgehead atoms. The first-order chi connectivity index (χ1) is 11.3. The molecule has 0 aromatic heterocycles. The molecule has 0 amide bonds. The average Bonchev–Trinajstić information content (AvgIpc) is 2.56. The van der Waals surface area contributed by atoms with E-state index in [1.807, 2.05) is 25.1 Å². The third kappa shape index (κ3) is 4.17. The molecule has 0 saturated carbocycles. The summed E-state index contributed by atoms with van der Waals surface area (Å²) in [4.78, 5) is 0. The van der Waals surface area contributed by atoms with Crippen LogP contribution in [0.5, 0.6) is 5.75 Å². The van der Waals surface area contributed by atoms with E-state index in [4.69, 9.17) is 21.7 Å². The highest BCUT2D eigenvalue weighted by Gasteiger charge is 2.17. The quantitative estimate of drug-likeness (QED) is 0.401. The van der Waals surface area contributed by atoms with E-state index in [0.717, 1.165) is 25.5 Å². The molecule has 2 aromatic rings. The Morgan fingerprint density at radius 3 is 2.50 bits per heavy atom. The molecule has 0 atom stereocenters. The van der Waals surface area contributed by atoms with Crippen molar-refractivity contribution in [3.05, 3.63) is 56.2 Å². The summed E-state index contributed by atoms with van der Waals surface area (Å²) in [5.74, 6) is 0.836. The van der Waals surface area contributed by atoms with Crippen LogP contribution in [-0.2, 0) is 11.3 Å². The normalized spacial score (nSPS) is 10.4. The average molecular weight is 457 g/mol. The molecule has 0 spiro atoms. The second-order valence-electron chi connectivity index (χ2n) is 5.51. The van der Waals surface area contributed by atoms with Crippen molar-refractivity contribution in [1.82, 2.24) is 0 Å². The zero-order valence-electron chi connectivity index (χ0n) is 14.1. The van der Waals surface area contributed by atoms with Gasteiger partial charge in [-0.05, 0) is 90.5 Å². The monoisotopic (exact) mass is 457 g/mol. The first-order valence-corrected chi connectivity index (χ1v) is 8.88. The van der Waals surface area contributed by atoms with Crippen molar-refractivity contribution in [1.29, 1.82) is 0 Å². The standard InChI is InChI=1S/C18H20INO3S/c1-11-8-13(3)17(9-12(11)2)23-10-14-15(19)6-5-7-16(14)20(21)18(24)22-4/h5-9,21H,10H2,1-4H3. The van der Waals surface area contributed by atoms with E-state index < -0.39 is 0 Å². The first kappa shape index (κ1) is 19.0. The van der Waals surface area contributed by atoms with Gasteiger partial charge in [-0.15, -0.1) is 0 Å². The number of thiocarbonyl (C=S) groups is 1. The Hall–Kier alpha value is -1.38. The van der Waals surface area contributed by atoms with Crippen molar-refractivity contribution in [2.24, 2.45) is 0 Å². The van der Waals surface area contributed by atoms with Crippen LogP contribution in [0.25, 0.3) is 0 Å². The summed E-state index contributed by atoms with van der Waals surface area (Å²) >= 11 is 7.22. The van der Waals surface area contributed by atoms with Gasteiger partial charge in [0.1, 0.15) is 12.4 Å². The number of aryl methyl sites for hydroxylation is 3. The van der Waals surface area contributed by atoms with Crippen molar-refractivity contribution >= 4 is 45.7 Å². The van der Waals surface area contributed by atoms with Crippen LogP contribution in [0.3, 0.4) is 0 Å². The molecule has 0 heterocycles. The maximum Gasteiger partial charge on any atom is 0.288 e. The van der Waals surface area contributed by atoms with Crippen molar-refractivity contribution in [3.63, 3.8) is 0 Å². The summed E-state index contributed by atoms with van der Waals surface area (Å²) in [5, 5.41) is 11.1. The molecule has 0 aliphatic heterocycles. The first-order valence-electron chi connectivity index (χ1n) is 7.40. The summed E-state index contributed by atoms with van der Waals surface area (Å²) in [6.45, 7) is 6.49. The maximum atomic E-state index is 10.2. The van der Waals surface area contributed by atoms with Gasteiger partial charge in [0.15, 0.2) is 0 Å². The SMILES string of the molecule is COC(=S)N(O)c1cccc(I)c1COc1cc(C)c(C)cc1C. The van der Waals surface area contributed by atoms with E-state index >= 15 is 0 Å². The fourth-order valence-electron chi connectivity index (χ4n) is 2.31. The molecule has 128 valence electrons. The van der Waals surface area contributed by atoms with Gasteiger partial charge in [-0.3, -0.25) is 5.21 Å². The summed E-state index contributed by atoms with van der Waals surface area (Å²) in [6.07, 6.45) is 0. The third-order valence-corrected chi connectivity index (χ3v) is 5.18. The van der Waals surface area contributed by atoms with Gasteiger partial charge in [-0.25, -0.2) is 0 Å². The van der Waals surface area contributed by atoms with Crippen LogP contribution in [0.4, 0.5) is 5.69 Å². The van der Waals surface area contributed by atoms with E-state index in [1.54, 1.807) is 6.07 Å². The van der Waals surface area contributed by atoms with Crippen LogP contribution in [-0.4, -0.2) is 17.5 Å². The second kappa shape index (κ2) is 8.13. The van der Waals surface area contributed by atoms with Gasteiger partial charge in [-0.1, -0.05) is 12.1 Å². The van der Waals surface area contributed by atoms with Gasteiger partial charge in [0.05, 0.1) is 12.8 Å². The summed E-state index contributed by atoms with van der Waals surface area (Å²) in [7, 11) is 1.42. The fraction of sp³-hybridized carbons (Fsp3) is 0.278. The molecule has 6 heteroatoms. The van der Waals surface area contributed by atoms with Crippen LogP contribution in [0, 0.1) is 24.3 Å². The van der Waals surface area contributed by atoms with Crippen molar-refractivity contribution < 1.29 is 14.7 Å². The Labute approximate surface area is 161 Å². The highest BCUT2D eigenvalue weighted by Crippen LogP contribution is 2.28. The number of halogens is 1. The Kier molecular flexibility index (Phi) is 6.42. The van der Waals surface area contributed by atoms with E-state index in [9.17, 15) is 5.21 Å². The molecule has 2 rings (SSSR count). The predicted octanol–water partition coefficient (Wildman–Crippen LogP) is 4.92. The molecule has 1 N–H and O–H groups in total. The lowest BCUT2D eigenvalue weighted by Crippen LogP contribution is -2.28. The number of methoxy groups -OCH3 is 1. The number of ether oxygens (including phenoxy) is 2. The molecular formula is C18H20INO3S. The minimum atomic E-state index is -0.0133. The predicted molar refractivity (Wildman–Crippen MR) is 108 cm³/mol. The van der Waals surface area contributed by atoms with Crippen LogP contribution >= 0.6 is 34.8 Å². The summed E-state index contributed by atoms with van der Waals surface area (Å²) < 4.78 is 11.9. The lowest BCUT2D eigenvalue weighted by molar-refractivity contribution is 0.264. The molecular weight excluding hydrogens is 437 g/mol. The molecule has 4 nitrogen and oxygen atoms in total. The largest absolute Gasteiger partial charge is 0.489 e. The van der Waals surface area contributed by atoms with Gasteiger partial charge < -0.3 is 9.47 Å². The van der Waals surface area contributed by atoms with Crippen LogP contribution < -0.4 is 9.80 Å². The zero-order valence-corrected chi connectivity index (χ0v) is 17.1. The Bertz CT molecular complexity index is 764. The number of nitrogens with zero attached hydrogens (tertiary/aromatic N) is 1. The lowest BCUT2D eigenvalue weighted by atomic mass is 10.1. The summed E-state index contributed by atoms with van der Waals surface area (Å²) in [5.41, 5.74) is 4.90. The van der Waals surface area contributed by atoms with Crippen LogP contribution in [0.2, 0.25) is 0 Å². The van der Waals surface area contributed by atoms with Gasteiger partial charge in [0, 0.05) is 9.13 Å². The van der Waals surface area contributed by atoms with Gasteiger partial charge >= 0.3 is 0 Å². The molecule has 0 unspecified atom stereocenters. The van der Waals surface area contributed by atoms with Crippen molar-refractivity contribution in [2.45, 2.75) is 27.4 Å². The Balaban J connectivity index is 2.30. The lowest BCUT2D eigenvalue weighted by Gasteiger charge is -2.21. The molecule has 0 radical (unpaired) electrons. The molecule has 0 aliphatic carbocycles. The van der Waals surface area contributed by atoms with Gasteiger partial charge in [0.2, 0.25) is 0 Å². The van der Waals surface area contributed by atoms with Gasteiger partial charge in [-0.2, -0.15) is 5.06 Å². The number of hydroxylamine groups is 1. The highest BCUT2D eigenvalue weighted by molar-refractivity contribution is 14.1. The molecule has 24 heavy (non-hydrogen) atoms. The van der Waals surface area contributed by atoms with Gasteiger partial charge in [0.25, 0.3) is 5.17 Å². The topological polar surface area (TPSA) is 41.9 Å². The zero-order chi connectivity index (χ0) is 17.9. The van der Waals surface area contributed by atoms with E-state index in [0.29, 0.717) is 12.3 Å². The molecule has 0 aliphatic rings. The Morgan fingerprint density at radius 1 is 1.17 bits per heavy atom. The number of benzene rings is 2. The molecule has 2 aromatic carbocycles. The number of anilines is 1. The molecule has 0 saturated heterocycles. The van der Waals surface area contributed by atoms with E-state index in [2.05, 4.69) is 42.5 Å².